The van der Waals surface area contributed by atoms with Crippen LogP contribution in [-0.4, -0.2) is 50.4 Å². The zero-order chi connectivity index (χ0) is 14.0. The van der Waals surface area contributed by atoms with Gasteiger partial charge in [-0.25, -0.2) is 4.98 Å². The summed E-state index contributed by atoms with van der Waals surface area (Å²) in [5.74, 6) is -0.909. The summed E-state index contributed by atoms with van der Waals surface area (Å²) in [6.45, 7) is 3.38. The second kappa shape index (κ2) is 5.17. The predicted molar refractivity (Wildman–Crippen MR) is 64.0 cm³/mol. The van der Waals surface area contributed by atoms with E-state index in [-0.39, 0.29) is 12.4 Å². The van der Waals surface area contributed by atoms with Crippen LogP contribution in [0.4, 0.5) is 0 Å². The number of aromatic amines is 1. The molecule has 0 spiro atoms. The number of imide groups is 1. The fourth-order valence-electron chi connectivity index (χ4n) is 1.83. The van der Waals surface area contributed by atoms with Gasteiger partial charge in [0.25, 0.3) is 5.91 Å². The number of carbonyl (C=O) groups excluding carboxylic acids is 3. The Morgan fingerprint density at radius 2 is 2.21 bits per heavy atom. The number of H-pyrrole nitrogens is 1. The van der Waals surface area contributed by atoms with Crippen LogP contribution >= 0.6 is 0 Å². The highest BCUT2D eigenvalue weighted by Crippen LogP contribution is 2.09. The molecule has 1 saturated heterocycles. The third-order valence-electron chi connectivity index (χ3n) is 2.89. The zero-order valence-electron chi connectivity index (χ0n) is 10.8. The number of hydrogen-bond donors (Lipinski definition) is 2. The highest BCUT2D eigenvalue weighted by Gasteiger charge is 2.35. The van der Waals surface area contributed by atoms with Crippen LogP contribution in [0.5, 0.6) is 0 Å². The molecule has 1 atom stereocenters. The van der Waals surface area contributed by atoms with E-state index in [9.17, 15) is 14.4 Å². The predicted octanol–water partition coefficient (Wildman–Crippen LogP) is -0.756. The number of carbonyl (C=O) groups is 3. The first-order valence-electron chi connectivity index (χ1n) is 6.09. The molecule has 2 heterocycles. The van der Waals surface area contributed by atoms with E-state index < -0.39 is 23.8 Å². The molecule has 1 aliphatic heterocycles. The number of nitrogens with one attached hydrogen (secondary N) is 2. The van der Waals surface area contributed by atoms with Gasteiger partial charge in [0.2, 0.25) is 17.6 Å². The maximum Gasteiger partial charge on any atom is 0.294 e. The van der Waals surface area contributed by atoms with Crippen molar-refractivity contribution in [1.29, 1.82) is 0 Å². The lowest BCUT2D eigenvalue weighted by Gasteiger charge is -2.30. The maximum atomic E-state index is 12.2. The van der Waals surface area contributed by atoms with Gasteiger partial charge in [-0.2, -0.15) is 0 Å². The Morgan fingerprint density at radius 3 is 2.89 bits per heavy atom. The Balaban J connectivity index is 2.17. The number of amides is 3. The summed E-state index contributed by atoms with van der Waals surface area (Å²) < 4.78 is 0. The van der Waals surface area contributed by atoms with Gasteiger partial charge in [-0.3, -0.25) is 24.8 Å². The van der Waals surface area contributed by atoms with E-state index in [4.69, 9.17) is 0 Å². The summed E-state index contributed by atoms with van der Waals surface area (Å²) in [7, 11) is 0. The molecular formula is C11H15N5O3. The first-order valence-corrected chi connectivity index (χ1v) is 6.09. The highest BCUT2D eigenvalue weighted by molar-refractivity contribution is 6.06. The van der Waals surface area contributed by atoms with Gasteiger partial charge < -0.3 is 4.90 Å². The molecule has 1 aliphatic rings. The lowest BCUT2D eigenvalue weighted by molar-refractivity contribution is -0.138. The molecule has 1 aromatic heterocycles. The first-order chi connectivity index (χ1) is 9.02. The van der Waals surface area contributed by atoms with E-state index >= 15 is 0 Å². The van der Waals surface area contributed by atoms with E-state index in [0.717, 1.165) is 6.42 Å². The standard InChI is InChI=1S/C11H15N5O3/c1-3-4-7-12-9(15-14-7)11(19)16-5-8(17)13-10(18)6(16)2/h6H,3-5H2,1-2H3,(H,12,14,15)(H,13,17,18). The average molecular weight is 265 g/mol. The van der Waals surface area contributed by atoms with Gasteiger partial charge >= 0.3 is 0 Å². The molecule has 0 radical (unpaired) electrons. The largest absolute Gasteiger partial charge is 0.315 e. The number of rotatable bonds is 3. The zero-order valence-corrected chi connectivity index (χ0v) is 10.8. The summed E-state index contributed by atoms with van der Waals surface area (Å²) in [5, 5.41) is 8.66. The van der Waals surface area contributed by atoms with Crippen LogP contribution in [0.25, 0.3) is 0 Å². The van der Waals surface area contributed by atoms with Crippen molar-refractivity contribution in [2.75, 3.05) is 6.54 Å². The Bertz CT molecular complexity index is 524. The Hall–Kier alpha value is -2.25. The van der Waals surface area contributed by atoms with Crippen LogP contribution in [-0.2, 0) is 16.0 Å². The number of piperazine rings is 1. The molecule has 8 nitrogen and oxygen atoms in total. The van der Waals surface area contributed by atoms with Gasteiger partial charge in [0.1, 0.15) is 18.4 Å². The van der Waals surface area contributed by atoms with Crippen LogP contribution in [0.2, 0.25) is 0 Å². The van der Waals surface area contributed by atoms with E-state index in [1.54, 1.807) is 6.92 Å². The van der Waals surface area contributed by atoms with E-state index in [2.05, 4.69) is 20.5 Å². The minimum absolute atomic E-state index is 0.0159. The quantitative estimate of drug-likeness (QED) is 0.699. The monoisotopic (exact) mass is 265 g/mol. The van der Waals surface area contributed by atoms with E-state index in [1.807, 2.05) is 6.92 Å². The van der Waals surface area contributed by atoms with Crippen LogP contribution in [0.15, 0.2) is 0 Å². The lowest BCUT2D eigenvalue weighted by atomic mass is 10.2. The summed E-state index contributed by atoms with van der Waals surface area (Å²) >= 11 is 0. The SMILES string of the molecule is CCCc1nc(C(=O)N2CC(=O)NC(=O)C2C)n[nH]1. The Kier molecular flexibility index (Phi) is 3.59. The van der Waals surface area contributed by atoms with E-state index in [0.29, 0.717) is 12.2 Å². The molecule has 0 aliphatic carbocycles. The van der Waals surface area contributed by atoms with E-state index in [1.165, 1.54) is 4.90 Å². The molecule has 8 heteroatoms. The van der Waals surface area contributed by atoms with Crippen molar-refractivity contribution in [2.24, 2.45) is 0 Å². The summed E-state index contributed by atoms with van der Waals surface area (Å²) in [6, 6.07) is -0.710. The second-order valence-corrected chi connectivity index (χ2v) is 4.38. The van der Waals surface area contributed by atoms with Gasteiger partial charge in [-0.1, -0.05) is 6.92 Å². The molecule has 1 unspecified atom stereocenters. The highest BCUT2D eigenvalue weighted by atomic mass is 16.2. The normalized spacial score (nSPS) is 19.5. The third kappa shape index (κ3) is 2.61. The third-order valence-corrected chi connectivity index (χ3v) is 2.89. The number of aromatic nitrogens is 3. The minimum atomic E-state index is -0.710. The molecule has 0 aromatic carbocycles. The second-order valence-electron chi connectivity index (χ2n) is 4.38. The topological polar surface area (TPSA) is 108 Å². The molecule has 0 bridgehead atoms. The van der Waals surface area contributed by atoms with Gasteiger partial charge in [0.15, 0.2) is 0 Å². The van der Waals surface area contributed by atoms with Gasteiger partial charge in [0.05, 0.1) is 0 Å². The van der Waals surface area contributed by atoms with Gasteiger partial charge in [-0.15, -0.1) is 5.10 Å². The molecule has 1 aromatic rings. The Morgan fingerprint density at radius 1 is 1.47 bits per heavy atom. The number of nitrogens with zero attached hydrogens (tertiary/aromatic N) is 3. The molecule has 102 valence electrons. The van der Waals surface area contributed by atoms with Gasteiger partial charge in [0, 0.05) is 6.42 Å². The summed E-state index contributed by atoms with van der Waals surface area (Å²) in [6.07, 6.45) is 1.57. The van der Waals surface area contributed by atoms with Crippen molar-refractivity contribution in [3.8, 4) is 0 Å². The van der Waals surface area contributed by atoms with Gasteiger partial charge in [-0.05, 0) is 13.3 Å². The van der Waals surface area contributed by atoms with Crippen molar-refractivity contribution in [1.82, 2.24) is 25.4 Å². The van der Waals surface area contributed by atoms with Crippen LogP contribution in [0.3, 0.4) is 0 Å². The van der Waals surface area contributed by atoms with Crippen molar-refractivity contribution in [3.63, 3.8) is 0 Å². The lowest BCUT2D eigenvalue weighted by Crippen LogP contribution is -2.58. The van der Waals surface area contributed by atoms with Crippen LogP contribution in [0.1, 0.15) is 36.7 Å². The minimum Gasteiger partial charge on any atom is -0.315 e. The molecule has 1 fully saturated rings. The van der Waals surface area contributed by atoms with Crippen LogP contribution < -0.4 is 5.32 Å². The smallest absolute Gasteiger partial charge is 0.294 e. The van der Waals surface area contributed by atoms with Crippen LogP contribution in [0, 0.1) is 0 Å². The molecule has 0 saturated carbocycles. The fraction of sp³-hybridized carbons (Fsp3) is 0.545. The molecule has 2 rings (SSSR count). The molecule has 2 N–H and O–H groups in total. The van der Waals surface area contributed by atoms with Crippen molar-refractivity contribution in [3.05, 3.63) is 11.6 Å². The molecular weight excluding hydrogens is 250 g/mol. The Labute approximate surface area is 109 Å². The first kappa shape index (κ1) is 13.2. The summed E-state index contributed by atoms with van der Waals surface area (Å²) in [4.78, 5) is 40.2. The van der Waals surface area contributed by atoms with Crippen molar-refractivity contribution >= 4 is 17.7 Å². The molecule has 19 heavy (non-hydrogen) atoms. The number of aryl methyl sites for hydroxylation is 1. The number of hydrogen-bond acceptors (Lipinski definition) is 5. The van der Waals surface area contributed by atoms with Crippen molar-refractivity contribution < 1.29 is 14.4 Å². The maximum absolute atomic E-state index is 12.2. The molecule has 3 amide bonds. The van der Waals surface area contributed by atoms with Crippen molar-refractivity contribution in [2.45, 2.75) is 32.7 Å². The summed E-state index contributed by atoms with van der Waals surface area (Å²) in [5.41, 5.74) is 0. The average Bonchev–Trinajstić information content (AvgIpc) is 2.82. The fourth-order valence-corrected chi connectivity index (χ4v) is 1.83.